The van der Waals surface area contributed by atoms with Crippen molar-refractivity contribution in [3.8, 4) is 0 Å². The molecule has 0 saturated carbocycles. The zero-order chi connectivity index (χ0) is 24.2. The second kappa shape index (κ2) is 10.1. The first-order valence-electron chi connectivity index (χ1n) is 10.7. The van der Waals surface area contributed by atoms with Crippen molar-refractivity contribution in [2.75, 3.05) is 16.8 Å². The Kier molecular flexibility index (Phi) is 7.02. The standard InChI is InChI=1S/C25H22F2N2O4S/c1-15-4-7-17(8-5-15)29-23(31)11-9-18(24(29)21-3-2-12-34-21)25(32)33-14-22(30)28-20-10-6-16(26)13-19(20)27/h2-8,10,12-13,18,24H,9,11,14H2,1H3,(H,28,30)/t18-,24+/m0/s1. The van der Waals surface area contributed by atoms with Crippen LogP contribution in [0.2, 0.25) is 0 Å². The lowest BCUT2D eigenvalue weighted by Gasteiger charge is -2.39. The van der Waals surface area contributed by atoms with E-state index in [1.54, 1.807) is 4.90 Å². The van der Waals surface area contributed by atoms with Gasteiger partial charge in [0.1, 0.15) is 11.6 Å². The Labute approximate surface area is 199 Å². The zero-order valence-electron chi connectivity index (χ0n) is 18.3. The molecule has 0 spiro atoms. The SMILES string of the molecule is Cc1ccc(N2C(=O)CC[C@H](C(=O)OCC(=O)Nc3ccc(F)cc3F)[C@@H]2c2cccs2)cc1. The smallest absolute Gasteiger partial charge is 0.311 e. The van der Waals surface area contributed by atoms with E-state index >= 15 is 0 Å². The summed E-state index contributed by atoms with van der Waals surface area (Å²) in [5.41, 5.74) is 1.50. The summed E-state index contributed by atoms with van der Waals surface area (Å²) in [5.74, 6) is -3.88. The van der Waals surface area contributed by atoms with Crippen LogP contribution < -0.4 is 10.2 Å². The third-order valence-corrected chi connectivity index (χ3v) is 6.54. The van der Waals surface area contributed by atoms with Crippen molar-refractivity contribution in [2.45, 2.75) is 25.8 Å². The molecule has 4 rings (SSSR count). The van der Waals surface area contributed by atoms with Gasteiger partial charge < -0.3 is 15.0 Å². The fourth-order valence-electron chi connectivity index (χ4n) is 3.96. The first-order chi connectivity index (χ1) is 16.3. The number of aryl methyl sites for hydroxylation is 1. The predicted molar refractivity (Wildman–Crippen MR) is 124 cm³/mol. The molecule has 0 unspecified atom stereocenters. The summed E-state index contributed by atoms with van der Waals surface area (Å²) < 4.78 is 32.1. The highest BCUT2D eigenvalue weighted by molar-refractivity contribution is 7.10. The van der Waals surface area contributed by atoms with Crippen molar-refractivity contribution < 1.29 is 27.9 Å². The Balaban J connectivity index is 1.50. The molecule has 1 saturated heterocycles. The Morgan fingerprint density at radius 3 is 2.59 bits per heavy atom. The largest absolute Gasteiger partial charge is 0.455 e. The lowest BCUT2D eigenvalue weighted by atomic mass is 9.87. The number of ether oxygens (including phenoxy) is 1. The summed E-state index contributed by atoms with van der Waals surface area (Å²) in [6, 6.07) is 13.3. The summed E-state index contributed by atoms with van der Waals surface area (Å²) >= 11 is 1.43. The van der Waals surface area contributed by atoms with E-state index in [1.807, 2.05) is 48.7 Å². The molecule has 176 valence electrons. The van der Waals surface area contributed by atoms with Gasteiger partial charge in [-0.05, 0) is 49.1 Å². The minimum atomic E-state index is -0.933. The molecule has 0 aliphatic carbocycles. The maximum absolute atomic E-state index is 13.8. The van der Waals surface area contributed by atoms with Crippen LogP contribution in [0.3, 0.4) is 0 Å². The Morgan fingerprint density at radius 1 is 1.15 bits per heavy atom. The average molecular weight is 485 g/mol. The van der Waals surface area contributed by atoms with Crippen molar-refractivity contribution in [3.05, 3.63) is 82.1 Å². The van der Waals surface area contributed by atoms with E-state index < -0.39 is 42.1 Å². The summed E-state index contributed by atoms with van der Waals surface area (Å²) in [6.07, 6.45) is 0.430. The highest BCUT2D eigenvalue weighted by Gasteiger charge is 2.43. The maximum atomic E-state index is 13.8. The number of anilines is 2. The highest BCUT2D eigenvalue weighted by atomic mass is 32.1. The summed E-state index contributed by atoms with van der Waals surface area (Å²) in [6.45, 7) is 1.31. The van der Waals surface area contributed by atoms with E-state index in [1.165, 1.54) is 11.3 Å². The molecule has 34 heavy (non-hydrogen) atoms. The van der Waals surface area contributed by atoms with Gasteiger partial charge in [-0.25, -0.2) is 8.78 Å². The lowest BCUT2D eigenvalue weighted by molar-refractivity contribution is -0.153. The fourth-order valence-corrected chi connectivity index (χ4v) is 4.84. The molecule has 9 heteroatoms. The number of rotatable bonds is 6. The predicted octanol–water partition coefficient (Wildman–Crippen LogP) is 5.00. The van der Waals surface area contributed by atoms with Crippen molar-refractivity contribution >= 4 is 40.5 Å². The molecule has 1 aliphatic rings. The fraction of sp³-hybridized carbons (Fsp3) is 0.240. The number of hydrogen-bond acceptors (Lipinski definition) is 5. The van der Waals surface area contributed by atoms with Gasteiger partial charge in [0.2, 0.25) is 5.91 Å². The van der Waals surface area contributed by atoms with Crippen LogP contribution in [0.25, 0.3) is 0 Å². The molecule has 3 aromatic rings. The number of carbonyl (C=O) groups excluding carboxylic acids is 3. The molecule has 1 aliphatic heterocycles. The molecule has 1 N–H and O–H groups in total. The number of benzene rings is 2. The number of nitrogens with one attached hydrogen (secondary N) is 1. The number of hydrogen-bond donors (Lipinski definition) is 1. The van der Waals surface area contributed by atoms with Crippen molar-refractivity contribution in [3.63, 3.8) is 0 Å². The zero-order valence-corrected chi connectivity index (χ0v) is 19.1. The highest BCUT2D eigenvalue weighted by Crippen LogP contribution is 2.42. The first-order valence-corrected chi connectivity index (χ1v) is 11.5. The number of piperidine rings is 1. The number of thiophene rings is 1. The van der Waals surface area contributed by atoms with Gasteiger partial charge in [0.05, 0.1) is 17.6 Å². The summed E-state index contributed by atoms with van der Waals surface area (Å²) in [4.78, 5) is 40.6. The number of nitrogens with zero attached hydrogens (tertiary/aromatic N) is 1. The average Bonchev–Trinajstić information content (AvgIpc) is 3.34. The van der Waals surface area contributed by atoms with Crippen molar-refractivity contribution in [2.24, 2.45) is 5.92 Å². The van der Waals surface area contributed by atoms with Crippen LogP contribution in [-0.2, 0) is 19.1 Å². The van der Waals surface area contributed by atoms with Gasteiger partial charge in [-0.1, -0.05) is 23.8 Å². The third-order valence-electron chi connectivity index (χ3n) is 5.60. The Hall–Kier alpha value is -3.59. The number of esters is 1. The maximum Gasteiger partial charge on any atom is 0.311 e. The second-order valence-electron chi connectivity index (χ2n) is 7.98. The monoisotopic (exact) mass is 484 g/mol. The number of carbonyl (C=O) groups is 3. The minimum absolute atomic E-state index is 0.101. The molecular weight excluding hydrogens is 462 g/mol. The van der Waals surface area contributed by atoms with E-state index in [-0.39, 0.29) is 24.4 Å². The van der Waals surface area contributed by atoms with Gasteiger partial charge in [0.25, 0.3) is 5.91 Å². The first kappa shape index (κ1) is 23.6. The van der Waals surface area contributed by atoms with E-state index in [4.69, 9.17) is 4.74 Å². The molecule has 1 aromatic heterocycles. The molecule has 0 bridgehead atoms. The van der Waals surface area contributed by atoms with Gasteiger partial charge in [-0.15, -0.1) is 11.3 Å². The number of halogens is 2. The van der Waals surface area contributed by atoms with Crippen LogP contribution in [0.15, 0.2) is 60.0 Å². The van der Waals surface area contributed by atoms with Gasteiger partial charge in [0, 0.05) is 23.1 Å². The van der Waals surface area contributed by atoms with Crippen molar-refractivity contribution in [1.29, 1.82) is 0 Å². The molecule has 2 amide bonds. The van der Waals surface area contributed by atoms with Gasteiger partial charge in [-0.3, -0.25) is 14.4 Å². The number of amides is 2. The quantitative estimate of drug-likeness (QED) is 0.500. The van der Waals surface area contributed by atoms with Crippen LogP contribution in [0, 0.1) is 24.5 Å². The molecule has 1 fully saturated rings. The minimum Gasteiger partial charge on any atom is -0.455 e. The van der Waals surface area contributed by atoms with Crippen molar-refractivity contribution in [1.82, 2.24) is 0 Å². The molecule has 2 aromatic carbocycles. The van der Waals surface area contributed by atoms with Crippen LogP contribution in [0.1, 0.15) is 29.3 Å². The molecule has 2 heterocycles. The van der Waals surface area contributed by atoms with E-state index in [0.717, 1.165) is 22.6 Å². The molecular formula is C25H22F2N2O4S. The molecule has 0 radical (unpaired) electrons. The second-order valence-corrected chi connectivity index (χ2v) is 8.96. The Bertz CT molecular complexity index is 1200. The van der Waals surface area contributed by atoms with Gasteiger partial charge >= 0.3 is 5.97 Å². The van der Waals surface area contributed by atoms with Gasteiger partial charge in [-0.2, -0.15) is 0 Å². The van der Waals surface area contributed by atoms with E-state index in [9.17, 15) is 23.2 Å². The van der Waals surface area contributed by atoms with Crippen LogP contribution >= 0.6 is 11.3 Å². The summed E-state index contributed by atoms with van der Waals surface area (Å²) in [5, 5.41) is 4.13. The van der Waals surface area contributed by atoms with Crippen LogP contribution in [0.4, 0.5) is 20.2 Å². The van der Waals surface area contributed by atoms with E-state index in [0.29, 0.717) is 11.8 Å². The molecule has 2 atom stereocenters. The lowest BCUT2D eigenvalue weighted by Crippen LogP contribution is -2.46. The van der Waals surface area contributed by atoms with Gasteiger partial charge in [0.15, 0.2) is 6.61 Å². The van der Waals surface area contributed by atoms with E-state index in [2.05, 4.69) is 5.32 Å². The Morgan fingerprint density at radius 2 is 1.91 bits per heavy atom. The van der Waals surface area contributed by atoms with Crippen LogP contribution in [0.5, 0.6) is 0 Å². The summed E-state index contributed by atoms with van der Waals surface area (Å²) in [7, 11) is 0. The topological polar surface area (TPSA) is 75.7 Å². The van der Waals surface area contributed by atoms with Crippen LogP contribution in [-0.4, -0.2) is 24.4 Å². The molecule has 6 nitrogen and oxygen atoms in total. The normalized spacial score (nSPS) is 18.0. The third kappa shape index (κ3) is 5.14.